The fourth-order valence-electron chi connectivity index (χ4n) is 2.14. The number of nitrogens with zero attached hydrogens (tertiary/aromatic N) is 4. The fourth-order valence-corrected chi connectivity index (χ4v) is 2.14. The van der Waals surface area contributed by atoms with Gasteiger partial charge in [-0.2, -0.15) is 5.10 Å². The molecule has 18 heavy (non-hydrogen) atoms. The number of aliphatic hydroxyl groups excluding tert-OH is 1. The van der Waals surface area contributed by atoms with Crippen molar-refractivity contribution in [3.63, 3.8) is 0 Å². The van der Waals surface area contributed by atoms with E-state index < -0.39 is 0 Å². The van der Waals surface area contributed by atoms with Gasteiger partial charge < -0.3 is 15.7 Å². The Hall–Kier alpha value is -1.60. The number of carbonyl (C=O) groups is 1. The summed E-state index contributed by atoms with van der Waals surface area (Å²) >= 11 is 0. The first-order valence-corrected chi connectivity index (χ1v) is 6.03. The van der Waals surface area contributed by atoms with Gasteiger partial charge >= 0.3 is 0 Å². The van der Waals surface area contributed by atoms with E-state index in [2.05, 4.69) is 10.00 Å². The van der Waals surface area contributed by atoms with E-state index in [0.717, 1.165) is 13.1 Å². The molecule has 7 nitrogen and oxygen atoms in total. The Morgan fingerprint density at radius 1 is 1.44 bits per heavy atom. The molecule has 0 bridgehead atoms. The van der Waals surface area contributed by atoms with Gasteiger partial charge in [0, 0.05) is 46.0 Å². The monoisotopic (exact) mass is 253 g/mol. The smallest absolute Gasteiger partial charge is 0.276 e. The van der Waals surface area contributed by atoms with E-state index in [-0.39, 0.29) is 12.5 Å². The topological polar surface area (TPSA) is 87.6 Å². The lowest BCUT2D eigenvalue weighted by atomic mass is 10.2. The van der Waals surface area contributed by atoms with Crippen LogP contribution in [0.25, 0.3) is 0 Å². The zero-order chi connectivity index (χ0) is 13.1. The van der Waals surface area contributed by atoms with Crippen molar-refractivity contribution in [2.45, 2.75) is 0 Å². The summed E-state index contributed by atoms with van der Waals surface area (Å²) in [5, 5.41) is 12.9. The molecule has 1 fully saturated rings. The Bertz CT molecular complexity index is 423. The van der Waals surface area contributed by atoms with Gasteiger partial charge in [-0.15, -0.1) is 0 Å². The van der Waals surface area contributed by atoms with Gasteiger partial charge in [-0.25, -0.2) is 0 Å². The van der Waals surface area contributed by atoms with E-state index in [1.165, 1.54) is 0 Å². The van der Waals surface area contributed by atoms with Gasteiger partial charge in [0.2, 0.25) is 0 Å². The zero-order valence-electron chi connectivity index (χ0n) is 10.5. The number of aliphatic hydroxyl groups is 1. The van der Waals surface area contributed by atoms with Gasteiger partial charge in [0.05, 0.1) is 12.3 Å². The van der Waals surface area contributed by atoms with Crippen LogP contribution in [0.2, 0.25) is 0 Å². The molecular weight excluding hydrogens is 234 g/mol. The first-order chi connectivity index (χ1) is 8.61. The number of aryl methyl sites for hydroxylation is 1. The molecule has 1 aromatic heterocycles. The lowest BCUT2D eigenvalue weighted by Gasteiger charge is -2.34. The van der Waals surface area contributed by atoms with E-state index in [1.54, 1.807) is 22.8 Å². The third-order valence-corrected chi connectivity index (χ3v) is 3.14. The molecule has 7 heteroatoms. The molecule has 2 rings (SSSR count). The zero-order valence-corrected chi connectivity index (χ0v) is 10.5. The molecule has 0 spiro atoms. The SMILES string of the molecule is Cn1cc(N)c(C(=O)N2CCN(CCO)CC2)n1. The minimum absolute atomic E-state index is 0.114. The molecule has 3 N–H and O–H groups in total. The van der Waals surface area contributed by atoms with Crippen LogP contribution in [0.5, 0.6) is 0 Å². The molecule has 100 valence electrons. The summed E-state index contributed by atoms with van der Waals surface area (Å²) in [4.78, 5) is 16.1. The van der Waals surface area contributed by atoms with Gasteiger partial charge in [-0.1, -0.05) is 0 Å². The van der Waals surface area contributed by atoms with Gasteiger partial charge in [0.1, 0.15) is 0 Å². The summed E-state index contributed by atoms with van der Waals surface area (Å²) in [5.41, 5.74) is 6.49. The fraction of sp³-hybridized carbons (Fsp3) is 0.636. The van der Waals surface area contributed by atoms with Crippen molar-refractivity contribution in [2.24, 2.45) is 7.05 Å². The number of nitrogens with two attached hydrogens (primary N) is 1. The maximum absolute atomic E-state index is 12.2. The van der Waals surface area contributed by atoms with Crippen LogP contribution in [-0.2, 0) is 7.05 Å². The highest BCUT2D eigenvalue weighted by atomic mass is 16.3. The molecule has 1 saturated heterocycles. The molecule has 1 aliphatic rings. The van der Waals surface area contributed by atoms with Crippen molar-refractivity contribution < 1.29 is 9.90 Å². The number of aromatic nitrogens is 2. The molecule has 1 amide bonds. The maximum Gasteiger partial charge on any atom is 0.276 e. The van der Waals surface area contributed by atoms with Gasteiger partial charge in [-0.05, 0) is 0 Å². The number of hydrogen-bond acceptors (Lipinski definition) is 5. The van der Waals surface area contributed by atoms with Crippen LogP contribution >= 0.6 is 0 Å². The van der Waals surface area contributed by atoms with Crippen molar-refractivity contribution in [2.75, 3.05) is 45.1 Å². The molecule has 1 aliphatic heterocycles. The van der Waals surface area contributed by atoms with Crippen LogP contribution in [-0.4, -0.2) is 69.9 Å². The lowest BCUT2D eigenvalue weighted by Crippen LogP contribution is -2.49. The number of nitrogen functional groups attached to an aromatic ring is 1. The number of hydrogen-bond donors (Lipinski definition) is 2. The Balaban J connectivity index is 1.97. The van der Waals surface area contributed by atoms with Crippen LogP contribution in [0.4, 0.5) is 5.69 Å². The summed E-state index contributed by atoms with van der Waals surface area (Å²) in [5.74, 6) is -0.114. The highest BCUT2D eigenvalue weighted by Gasteiger charge is 2.24. The van der Waals surface area contributed by atoms with Gasteiger partial charge in [0.15, 0.2) is 5.69 Å². The summed E-state index contributed by atoms with van der Waals surface area (Å²) in [6, 6.07) is 0. The first-order valence-electron chi connectivity index (χ1n) is 6.03. The van der Waals surface area contributed by atoms with E-state index >= 15 is 0 Å². The molecule has 0 radical (unpaired) electrons. The van der Waals surface area contributed by atoms with E-state index in [9.17, 15) is 4.79 Å². The third-order valence-electron chi connectivity index (χ3n) is 3.14. The maximum atomic E-state index is 12.2. The highest BCUT2D eigenvalue weighted by molar-refractivity contribution is 5.97. The second kappa shape index (κ2) is 5.36. The van der Waals surface area contributed by atoms with Gasteiger partial charge in [0.25, 0.3) is 5.91 Å². The molecule has 0 unspecified atom stereocenters. The standard InChI is InChI=1S/C11H19N5O2/c1-14-8-9(12)10(13-14)11(18)16-4-2-15(3-5-16)6-7-17/h8,17H,2-7,12H2,1H3. The second-order valence-electron chi connectivity index (χ2n) is 4.46. The normalized spacial score (nSPS) is 17.1. The predicted molar refractivity (Wildman–Crippen MR) is 67.0 cm³/mol. The van der Waals surface area contributed by atoms with Crippen LogP contribution in [0, 0.1) is 0 Å². The van der Waals surface area contributed by atoms with E-state index in [4.69, 9.17) is 10.8 Å². The van der Waals surface area contributed by atoms with Crippen molar-refractivity contribution in [1.29, 1.82) is 0 Å². The second-order valence-corrected chi connectivity index (χ2v) is 4.46. The number of β-amino-alcohol motifs (C(OH)–C–C–N with tert-alkyl or cyclic N) is 1. The first kappa shape index (κ1) is 12.8. The van der Waals surface area contributed by atoms with Crippen LogP contribution < -0.4 is 5.73 Å². The van der Waals surface area contributed by atoms with Crippen molar-refractivity contribution in [3.05, 3.63) is 11.9 Å². The van der Waals surface area contributed by atoms with E-state index in [1.807, 2.05) is 0 Å². The molecule has 0 aliphatic carbocycles. The van der Waals surface area contributed by atoms with Crippen molar-refractivity contribution >= 4 is 11.6 Å². The van der Waals surface area contributed by atoms with Gasteiger partial charge in [-0.3, -0.25) is 14.4 Å². The van der Waals surface area contributed by atoms with Crippen molar-refractivity contribution in [3.8, 4) is 0 Å². The Morgan fingerprint density at radius 2 is 2.11 bits per heavy atom. The molecule has 1 aromatic rings. The lowest BCUT2D eigenvalue weighted by molar-refractivity contribution is 0.0609. The Morgan fingerprint density at radius 3 is 2.61 bits per heavy atom. The summed E-state index contributed by atoms with van der Waals surface area (Å²) in [6.07, 6.45) is 1.63. The van der Waals surface area contributed by atoms with Crippen LogP contribution in [0.1, 0.15) is 10.5 Å². The number of carbonyl (C=O) groups excluding carboxylic acids is 1. The summed E-state index contributed by atoms with van der Waals surface area (Å²) < 4.78 is 1.55. The summed E-state index contributed by atoms with van der Waals surface area (Å²) in [6.45, 7) is 3.66. The molecule has 0 aromatic carbocycles. The summed E-state index contributed by atoms with van der Waals surface area (Å²) in [7, 11) is 1.74. The Labute approximate surface area is 106 Å². The van der Waals surface area contributed by atoms with E-state index in [0.29, 0.717) is 31.0 Å². The molecular formula is C11H19N5O2. The van der Waals surface area contributed by atoms with Crippen LogP contribution in [0.15, 0.2) is 6.20 Å². The number of anilines is 1. The predicted octanol–water partition coefficient (Wildman–Crippen LogP) is -1.25. The highest BCUT2D eigenvalue weighted by Crippen LogP contribution is 2.13. The molecule has 2 heterocycles. The Kier molecular flexibility index (Phi) is 3.83. The quantitative estimate of drug-likeness (QED) is 0.703. The number of rotatable bonds is 3. The minimum Gasteiger partial charge on any atom is -0.396 e. The average Bonchev–Trinajstić information content (AvgIpc) is 2.69. The average molecular weight is 253 g/mol. The number of piperazine rings is 1. The molecule has 0 atom stereocenters. The number of amides is 1. The largest absolute Gasteiger partial charge is 0.396 e. The third kappa shape index (κ3) is 2.62. The van der Waals surface area contributed by atoms with Crippen LogP contribution in [0.3, 0.4) is 0 Å². The molecule has 0 saturated carbocycles. The minimum atomic E-state index is -0.114. The van der Waals surface area contributed by atoms with Crippen molar-refractivity contribution in [1.82, 2.24) is 19.6 Å².